The molecule has 3 aliphatic heterocycles. The molecule has 0 radical (unpaired) electrons. The number of Topliss-reactive ketones (excluding diaryl/α,β-unsaturated/α-hetero) is 1. The summed E-state index contributed by atoms with van der Waals surface area (Å²) in [6, 6.07) is 12.1. The van der Waals surface area contributed by atoms with Crippen LogP contribution in [0.1, 0.15) is 18.5 Å². The molecule has 23 heavy (non-hydrogen) atoms. The fourth-order valence-corrected chi connectivity index (χ4v) is 3.21. The first-order valence-electron chi connectivity index (χ1n) is 7.43. The monoisotopic (exact) mass is 393 g/mol. The van der Waals surface area contributed by atoms with Crippen molar-refractivity contribution in [1.82, 2.24) is 9.88 Å². The van der Waals surface area contributed by atoms with Gasteiger partial charge in [0.1, 0.15) is 0 Å². The summed E-state index contributed by atoms with van der Waals surface area (Å²) in [5, 5.41) is 1.13. The molecular weight excluding hydrogens is 378 g/mol. The van der Waals surface area contributed by atoms with Crippen molar-refractivity contribution >= 4 is 43.1 Å². The summed E-state index contributed by atoms with van der Waals surface area (Å²) in [6.07, 6.45) is 3.99. The van der Waals surface area contributed by atoms with Crippen molar-refractivity contribution in [1.29, 1.82) is 0 Å². The second-order valence-electron chi connectivity index (χ2n) is 5.63. The van der Waals surface area contributed by atoms with Gasteiger partial charge in [-0.3, -0.25) is 4.79 Å². The Balaban J connectivity index is 0.000000485. The zero-order valence-electron chi connectivity index (χ0n) is 12.3. The van der Waals surface area contributed by atoms with Crippen molar-refractivity contribution in [2.24, 2.45) is 5.92 Å². The fourth-order valence-electron chi connectivity index (χ4n) is 3.21. The van der Waals surface area contributed by atoms with Gasteiger partial charge in [0, 0.05) is 24.4 Å². The van der Waals surface area contributed by atoms with Gasteiger partial charge in [-0.1, -0.05) is 24.3 Å². The van der Waals surface area contributed by atoms with E-state index in [9.17, 15) is 4.79 Å². The van der Waals surface area contributed by atoms with Crippen LogP contribution in [-0.4, -0.2) is 28.8 Å². The number of carbonyl (C=O) groups excluding carboxylic acids is 1. The molecule has 0 spiro atoms. The third-order valence-corrected chi connectivity index (χ3v) is 4.36. The molecular formula is C17H16Cl2CoN2O. The molecule has 2 bridgehead atoms. The summed E-state index contributed by atoms with van der Waals surface area (Å²) in [7, 11) is 9.47. The van der Waals surface area contributed by atoms with Crippen LogP contribution >= 0.6 is 20.3 Å². The number of allylic oxidation sites excluding steroid dienone is 1. The molecule has 123 valence electrons. The van der Waals surface area contributed by atoms with Crippen LogP contribution in [0.3, 0.4) is 0 Å². The number of hydrogen-bond acceptors (Lipinski definition) is 3. The number of carbonyl (C=O) groups is 1. The van der Waals surface area contributed by atoms with Crippen LogP contribution in [0.25, 0.3) is 17.0 Å². The van der Waals surface area contributed by atoms with Gasteiger partial charge in [-0.25, -0.2) is 4.98 Å². The SMILES string of the molecule is O=C1C(=Cc2ccc3ccccc3n2)N2CCC1CC2.[Cl][Co][Cl]. The number of para-hydroxylation sites is 1. The zero-order valence-corrected chi connectivity index (χ0v) is 14.9. The van der Waals surface area contributed by atoms with E-state index in [2.05, 4.69) is 22.0 Å². The van der Waals surface area contributed by atoms with Crippen molar-refractivity contribution in [3.8, 4) is 0 Å². The Hall–Kier alpha value is -1.07. The van der Waals surface area contributed by atoms with Gasteiger partial charge in [0.05, 0.1) is 16.9 Å². The molecule has 0 aliphatic carbocycles. The van der Waals surface area contributed by atoms with E-state index >= 15 is 0 Å². The number of nitrogens with zero attached hydrogens (tertiary/aromatic N) is 2. The molecule has 0 unspecified atom stereocenters. The van der Waals surface area contributed by atoms with Gasteiger partial charge in [0.15, 0.2) is 5.78 Å². The Morgan fingerprint density at radius 1 is 1.13 bits per heavy atom. The zero-order chi connectivity index (χ0) is 16.2. The average Bonchev–Trinajstić information content (AvgIpc) is 2.59. The van der Waals surface area contributed by atoms with Gasteiger partial charge in [-0.15, -0.1) is 0 Å². The molecule has 4 heterocycles. The fraction of sp³-hybridized carbons (Fsp3) is 0.294. The Morgan fingerprint density at radius 2 is 1.83 bits per heavy atom. The maximum absolute atomic E-state index is 12.3. The standard InChI is InChI=1S/C17H16N2O.2ClH.Co/c20-17-13-7-9-19(10-8-13)16(17)11-14-6-5-12-3-1-2-4-15(12)18-14;;;/h1-6,11,13H,7-10H2;2*1H;/q;;;+2/p-2. The van der Waals surface area contributed by atoms with Crippen molar-refractivity contribution in [2.75, 3.05) is 13.1 Å². The van der Waals surface area contributed by atoms with E-state index in [1.54, 1.807) is 0 Å². The number of aromatic nitrogens is 1. The van der Waals surface area contributed by atoms with Gasteiger partial charge in [0.2, 0.25) is 0 Å². The molecule has 3 aliphatic rings. The van der Waals surface area contributed by atoms with E-state index < -0.39 is 0 Å². The molecule has 0 amide bonds. The second kappa shape index (κ2) is 7.66. The minimum absolute atomic E-state index is 0.242. The molecule has 6 heteroatoms. The summed E-state index contributed by atoms with van der Waals surface area (Å²) < 4.78 is 0. The first-order valence-corrected chi connectivity index (χ1v) is 10.3. The molecule has 3 fully saturated rings. The third-order valence-electron chi connectivity index (χ3n) is 4.36. The molecule has 1 aromatic heterocycles. The number of hydrogen-bond donors (Lipinski definition) is 0. The molecule has 0 N–H and O–H groups in total. The van der Waals surface area contributed by atoms with E-state index in [1.807, 2.05) is 30.3 Å². The van der Waals surface area contributed by atoms with E-state index in [0.717, 1.165) is 48.2 Å². The second-order valence-corrected chi connectivity index (χ2v) is 7.35. The number of ketones is 1. The Bertz CT molecular complexity index is 742. The van der Waals surface area contributed by atoms with E-state index in [-0.39, 0.29) is 5.92 Å². The van der Waals surface area contributed by atoms with Crippen molar-refractivity contribution in [3.05, 3.63) is 47.8 Å². The number of piperidine rings is 3. The third kappa shape index (κ3) is 3.71. The van der Waals surface area contributed by atoms with Crippen LogP contribution in [0.4, 0.5) is 0 Å². The Labute approximate surface area is 150 Å². The van der Waals surface area contributed by atoms with E-state index in [1.165, 1.54) is 0 Å². The van der Waals surface area contributed by atoms with Crippen LogP contribution in [0.15, 0.2) is 42.1 Å². The molecule has 0 saturated carbocycles. The van der Waals surface area contributed by atoms with Crippen LogP contribution in [0.2, 0.25) is 0 Å². The Kier molecular flexibility index (Phi) is 5.59. The summed E-state index contributed by atoms with van der Waals surface area (Å²) in [5.74, 6) is 0.546. The van der Waals surface area contributed by atoms with Crippen LogP contribution < -0.4 is 0 Å². The molecule has 2 aromatic rings. The molecule has 3 nitrogen and oxygen atoms in total. The number of rotatable bonds is 1. The molecule has 0 atom stereocenters. The Morgan fingerprint density at radius 3 is 2.52 bits per heavy atom. The number of pyridine rings is 1. The van der Waals surface area contributed by atoms with Crippen molar-refractivity contribution in [3.63, 3.8) is 0 Å². The predicted octanol–water partition coefficient (Wildman–Crippen LogP) is 4.25. The number of halogens is 2. The first-order chi connectivity index (χ1) is 11.2. The van der Waals surface area contributed by atoms with Crippen molar-refractivity contribution in [2.45, 2.75) is 12.8 Å². The summed E-state index contributed by atoms with van der Waals surface area (Å²) >= 11 is 0.382. The maximum atomic E-state index is 12.3. The quantitative estimate of drug-likeness (QED) is 0.679. The topological polar surface area (TPSA) is 33.2 Å². The summed E-state index contributed by atoms with van der Waals surface area (Å²) in [6.45, 7) is 2.02. The number of fused-ring (bicyclic) bond motifs is 4. The average molecular weight is 394 g/mol. The van der Waals surface area contributed by atoms with Crippen LogP contribution in [0, 0.1) is 5.92 Å². The minimum atomic E-state index is 0.242. The van der Waals surface area contributed by atoms with E-state index in [0.29, 0.717) is 18.7 Å². The summed E-state index contributed by atoms with van der Waals surface area (Å²) in [4.78, 5) is 19.2. The van der Waals surface area contributed by atoms with Crippen LogP contribution in [0.5, 0.6) is 0 Å². The van der Waals surface area contributed by atoms with Gasteiger partial charge in [0.25, 0.3) is 0 Å². The predicted molar refractivity (Wildman–Crippen MR) is 90.7 cm³/mol. The van der Waals surface area contributed by atoms with E-state index in [4.69, 9.17) is 20.3 Å². The normalized spacial score (nSPS) is 19.3. The van der Waals surface area contributed by atoms with Crippen molar-refractivity contribution < 1.29 is 17.7 Å². The number of benzene rings is 1. The molecule has 3 saturated heterocycles. The first kappa shape index (κ1) is 16.8. The molecule has 1 aromatic carbocycles. The van der Waals surface area contributed by atoms with Crippen LogP contribution in [-0.2, 0) is 17.7 Å². The van der Waals surface area contributed by atoms with Gasteiger partial charge in [-0.05, 0) is 31.1 Å². The van der Waals surface area contributed by atoms with Gasteiger partial charge < -0.3 is 4.90 Å². The van der Waals surface area contributed by atoms with Gasteiger partial charge in [-0.2, -0.15) is 0 Å². The summed E-state index contributed by atoms with van der Waals surface area (Å²) in [5.41, 5.74) is 2.71. The molecule has 5 rings (SSSR count). The van der Waals surface area contributed by atoms with Gasteiger partial charge >= 0.3 is 33.2 Å².